The standard InChI is InChI=1S/C8H7ClN4O3/c9-6-1-2-7(13(15)16)5(3-6)4-11-12-8(10)14/h1-4H,(H3,10,12,14). The van der Waals surface area contributed by atoms with Gasteiger partial charge in [0.15, 0.2) is 0 Å². The van der Waals surface area contributed by atoms with Gasteiger partial charge in [0.05, 0.1) is 16.7 Å². The maximum atomic E-state index is 10.6. The summed E-state index contributed by atoms with van der Waals surface area (Å²) >= 11 is 5.67. The Morgan fingerprint density at radius 1 is 1.62 bits per heavy atom. The molecule has 0 aliphatic rings. The maximum absolute atomic E-state index is 10.6. The number of nitro groups is 1. The van der Waals surface area contributed by atoms with Crippen LogP contribution in [0.1, 0.15) is 5.56 Å². The number of carbonyl (C=O) groups excluding carboxylic acids is 1. The zero-order valence-corrected chi connectivity index (χ0v) is 8.64. The minimum absolute atomic E-state index is 0.167. The number of nitrogens with one attached hydrogen (secondary N) is 1. The summed E-state index contributed by atoms with van der Waals surface area (Å²) in [6.07, 6.45) is 1.09. The molecule has 8 heteroatoms. The van der Waals surface area contributed by atoms with E-state index in [-0.39, 0.29) is 11.3 Å². The quantitative estimate of drug-likeness (QED) is 0.473. The van der Waals surface area contributed by atoms with Crippen molar-refractivity contribution in [3.05, 3.63) is 38.9 Å². The van der Waals surface area contributed by atoms with Crippen molar-refractivity contribution in [2.45, 2.75) is 0 Å². The number of hydrogen-bond donors (Lipinski definition) is 2. The van der Waals surface area contributed by atoms with E-state index in [1.807, 2.05) is 5.43 Å². The highest BCUT2D eigenvalue weighted by atomic mass is 35.5. The predicted molar refractivity (Wildman–Crippen MR) is 58.4 cm³/mol. The Kier molecular flexibility index (Phi) is 3.78. The smallest absolute Gasteiger partial charge is 0.332 e. The molecule has 0 heterocycles. The third-order valence-corrected chi connectivity index (χ3v) is 1.80. The molecule has 1 aromatic rings. The van der Waals surface area contributed by atoms with E-state index in [2.05, 4.69) is 5.10 Å². The van der Waals surface area contributed by atoms with Gasteiger partial charge in [0.1, 0.15) is 0 Å². The average Bonchev–Trinajstić information content (AvgIpc) is 2.16. The summed E-state index contributed by atoms with van der Waals surface area (Å²) in [5.41, 5.74) is 6.69. The van der Waals surface area contributed by atoms with Crippen LogP contribution in [0.3, 0.4) is 0 Å². The molecule has 2 amide bonds. The second-order valence-electron chi connectivity index (χ2n) is 2.69. The first-order valence-corrected chi connectivity index (χ1v) is 4.41. The molecule has 0 bridgehead atoms. The summed E-state index contributed by atoms with van der Waals surface area (Å²) in [6, 6.07) is 3.12. The summed E-state index contributed by atoms with van der Waals surface area (Å²) in [5.74, 6) is 0. The van der Waals surface area contributed by atoms with E-state index in [1.165, 1.54) is 18.2 Å². The second-order valence-corrected chi connectivity index (χ2v) is 3.13. The lowest BCUT2D eigenvalue weighted by atomic mass is 10.2. The Hall–Kier alpha value is -2.15. The lowest BCUT2D eigenvalue weighted by Gasteiger charge is -1.97. The molecule has 0 aromatic heterocycles. The summed E-state index contributed by atoms with van der Waals surface area (Å²) in [4.78, 5) is 20.4. The molecular weight excluding hydrogens is 236 g/mol. The van der Waals surface area contributed by atoms with Crippen LogP contribution < -0.4 is 11.2 Å². The third-order valence-electron chi connectivity index (χ3n) is 1.56. The van der Waals surface area contributed by atoms with Crippen LogP contribution in [0.15, 0.2) is 23.3 Å². The van der Waals surface area contributed by atoms with Gasteiger partial charge >= 0.3 is 6.03 Å². The van der Waals surface area contributed by atoms with Crippen LogP contribution in [-0.2, 0) is 0 Å². The monoisotopic (exact) mass is 242 g/mol. The fraction of sp³-hybridized carbons (Fsp3) is 0. The van der Waals surface area contributed by atoms with E-state index in [4.69, 9.17) is 17.3 Å². The zero-order chi connectivity index (χ0) is 12.1. The third kappa shape index (κ3) is 3.21. The number of nitrogens with zero attached hydrogens (tertiary/aromatic N) is 2. The molecular formula is C8H7ClN4O3. The first-order chi connectivity index (χ1) is 7.50. The highest BCUT2D eigenvalue weighted by molar-refractivity contribution is 6.31. The summed E-state index contributed by atoms with van der Waals surface area (Å²) in [5, 5.41) is 14.4. The van der Waals surface area contributed by atoms with E-state index in [0.29, 0.717) is 5.02 Å². The molecule has 0 fully saturated rings. The van der Waals surface area contributed by atoms with Gasteiger partial charge in [-0.15, -0.1) is 0 Å². The van der Waals surface area contributed by atoms with Gasteiger partial charge in [0, 0.05) is 11.1 Å². The molecule has 0 atom stereocenters. The number of hydrogen-bond acceptors (Lipinski definition) is 4. The SMILES string of the molecule is NC(=O)NN=Cc1cc(Cl)ccc1[N+](=O)[O-]. The Morgan fingerprint density at radius 2 is 2.31 bits per heavy atom. The van der Waals surface area contributed by atoms with E-state index in [9.17, 15) is 14.9 Å². The minimum Gasteiger partial charge on any atom is -0.350 e. The Bertz CT molecular complexity index is 461. The van der Waals surface area contributed by atoms with Gasteiger partial charge in [-0.1, -0.05) is 11.6 Å². The summed E-state index contributed by atoms with van der Waals surface area (Å²) < 4.78 is 0. The van der Waals surface area contributed by atoms with Crippen molar-refractivity contribution >= 4 is 29.5 Å². The van der Waals surface area contributed by atoms with Crippen molar-refractivity contribution in [3.8, 4) is 0 Å². The molecule has 7 nitrogen and oxygen atoms in total. The molecule has 1 aromatic carbocycles. The molecule has 0 aliphatic carbocycles. The Labute approximate surface area is 95.0 Å². The largest absolute Gasteiger partial charge is 0.350 e. The maximum Gasteiger partial charge on any atom is 0.332 e. The van der Waals surface area contributed by atoms with E-state index in [1.54, 1.807) is 0 Å². The van der Waals surface area contributed by atoms with Gasteiger partial charge in [-0.25, -0.2) is 10.2 Å². The van der Waals surface area contributed by atoms with Crippen LogP contribution in [0.4, 0.5) is 10.5 Å². The molecule has 1 rings (SSSR count). The molecule has 16 heavy (non-hydrogen) atoms. The molecule has 0 spiro atoms. The van der Waals surface area contributed by atoms with E-state index >= 15 is 0 Å². The number of rotatable bonds is 3. The van der Waals surface area contributed by atoms with Gasteiger partial charge in [-0.3, -0.25) is 10.1 Å². The number of halogens is 1. The van der Waals surface area contributed by atoms with Crippen LogP contribution >= 0.6 is 11.6 Å². The van der Waals surface area contributed by atoms with Crippen molar-refractivity contribution in [2.24, 2.45) is 10.8 Å². The molecule has 84 valence electrons. The minimum atomic E-state index is -0.860. The zero-order valence-electron chi connectivity index (χ0n) is 7.88. The van der Waals surface area contributed by atoms with Crippen molar-refractivity contribution in [3.63, 3.8) is 0 Å². The van der Waals surface area contributed by atoms with Gasteiger partial charge < -0.3 is 5.73 Å². The normalized spacial score (nSPS) is 10.3. The molecule has 0 saturated carbocycles. The molecule has 0 radical (unpaired) electrons. The van der Waals surface area contributed by atoms with E-state index in [0.717, 1.165) is 6.21 Å². The molecule has 0 aliphatic heterocycles. The van der Waals surface area contributed by atoms with Gasteiger partial charge in [0.25, 0.3) is 5.69 Å². The average molecular weight is 243 g/mol. The fourth-order valence-corrected chi connectivity index (χ4v) is 1.14. The number of benzene rings is 1. The molecule has 0 saturated heterocycles. The number of primary amides is 1. The number of nitrogens with two attached hydrogens (primary N) is 1. The Morgan fingerprint density at radius 3 is 2.88 bits per heavy atom. The molecule has 3 N–H and O–H groups in total. The number of nitro benzene ring substituents is 1. The van der Waals surface area contributed by atoms with Crippen molar-refractivity contribution < 1.29 is 9.72 Å². The lowest BCUT2D eigenvalue weighted by molar-refractivity contribution is -0.385. The second kappa shape index (κ2) is 5.08. The topological polar surface area (TPSA) is 111 Å². The van der Waals surface area contributed by atoms with Crippen LogP contribution in [-0.4, -0.2) is 17.2 Å². The first kappa shape index (κ1) is 11.9. The fourth-order valence-electron chi connectivity index (χ4n) is 0.960. The number of urea groups is 1. The molecule has 0 unspecified atom stereocenters. The van der Waals surface area contributed by atoms with Crippen LogP contribution in [0.5, 0.6) is 0 Å². The first-order valence-electron chi connectivity index (χ1n) is 4.03. The van der Waals surface area contributed by atoms with Crippen molar-refractivity contribution in [2.75, 3.05) is 0 Å². The number of amides is 2. The Balaban J connectivity index is 3.01. The van der Waals surface area contributed by atoms with Gasteiger partial charge in [-0.2, -0.15) is 5.10 Å². The van der Waals surface area contributed by atoms with Crippen LogP contribution in [0, 0.1) is 10.1 Å². The van der Waals surface area contributed by atoms with Crippen molar-refractivity contribution in [1.82, 2.24) is 5.43 Å². The lowest BCUT2D eigenvalue weighted by Crippen LogP contribution is -2.24. The van der Waals surface area contributed by atoms with Crippen molar-refractivity contribution in [1.29, 1.82) is 0 Å². The van der Waals surface area contributed by atoms with Gasteiger partial charge in [-0.05, 0) is 12.1 Å². The van der Waals surface area contributed by atoms with Crippen LogP contribution in [0.2, 0.25) is 5.02 Å². The van der Waals surface area contributed by atoms with Gasteiger partial charge in [0.2, 0.25) is 0 Å². The summed E-state index contributed by atoms with van der Waals surface area (Å²) in [7, 11) is 0. The highest BCUT2D eigenvalue weighted by Crippen LogP contribution is 2.20. The number of hydrazone groups is 1. The van der Waals surface area contributed by atoms with E-state index < -0.39 is 11.0 Å². The van der Waals surface area contributed by atoms with Crippen LogP contribution in [0.25, 0.3) is 0 Å². The summed E-state index contributed by atoms with van der Waals surface area (Å²) in [6.45, 7) is 0. The highest BCUT2D eigenvalue weighted by Gasteiger charge is 2.11. The predicted octanol–water partition coefficient (Wildman–Crippen LogP) is 1.25. The number of carbonyl (C=O) groups is 1.